The van der Waals surface area contributed by atoms with Gasteiger partial charge in [-0.15, -0.1) is 0 Å². The van der Waals surface area contributed by atoms with Gasteiger partial charge < -0.3 is 15.0 Å². The molecule has 0 aliphatic carbocycles. The summed E-state index contributed by atoms with van der Waals surface area (Å²) in [6.45, 7) is 6.49. The highest BCUT2D eigenvalue weighted by molar-refractivity contribution is 7.99. The van der Waals surface area contributed by atoms with E-state index in [9.17, 15) is 9.90 Å². The lowest BCUT2D eigenvalue weighted by atomic mass is 10.1. The number of hydrogen-bond acceptors (Lipinski definition) is 4. The Morgan fingerprint density at radius 2 is 2.04 bits per heavy atom. The molecule has 0 radical (unpaired) electrons. The zero-order valence-electron chi connectivity index (χ0n) is 13.7. The van der Waals surface area contributed by atoms with E-state index in [0.717, 1.165) is 10.7 Å². The molecule has 2 N–H and O–H groups in total. The van der Waals surface area contributed by atoms with Gasteiger partial charge in [-0.25, -0.2) is 4.98 Å². The minimum atomic E-state index is -0.105. The molecule has 0 aliphatic heterocycles. The molecule has 0 atom stereocenters. The van der Waals surface area contributed by atoms with Crippen molar-refractivity contribution in [3.63, 3.8) is 0 Å². The molecule has 0 saturated carbocycles. The molecule has 2 rings (SSSR count). The van der Waals surface area contributed by atoms with Gasteiger partial charge in [0.1, 0.15) is 0 Å². The summed E-state index contributed by atoms with van der Waals surface area (Å²) in [7, 11) is 0. The van der Waals surface area contributed by atoms with Crippen molar-refractivity contribution in [1.29, 1.82) is 0 Å². The van der Waals surface area contributed by atoms with Crippen molar-refractivity contribution in [2.24, 2.45) is 0 Å². The maximum Gasteiger partial charge on any atom is 0.230 e. The minimum Gasteiger partial charge on any atom is -0.390 e. The van der Waals surface area contributed by atoms with Gasteiger partial charge >= 0.3 is 0 Å². The van der Waals surface area contributed by atoms with Crippen molar-refractivity contribution < 1.29 is 9.90 Å². The van der Waals surface area contributed by atoms with Crippen LogP contribution in [0.4, 0.5) is 0 Å². The van der Waals surface area contributed by atoms with Crippen molar-refractivity contribution in [2.75, 3.05) is 5.75 Å². The van der Waals surface area contributed by atoms with Crippen LogP contribution in [0.25, 0.3) is 0 Å². The number of imidazole rings is 1. The van der Waals surface area contributed by atoms with Crippen molar-refractivity contribution in [1.82, 2.24) is 14.9 Å². The van der Waals surface area contributed by atoms with Crippen LogP contribution in [0.2, 0.25) is 0 Å². The molecule has 2 aromatic rings. The lowest BCUT2D eigenvalue weighted by Gasteiger charge is -2.09. The van der Waals surface area contributed by atoms with Crippen LogP contribution in [0.3, 0.4) is 0 Å². The van der Waals surface area contributed by atoms with E-state index in [1.165, 1.54) is 17.3 Å². The molecule has 0 bridgehead atoms. The predicted molar refractivity (Wildman–Crippen MR) is 92.4 cm³/mol. The maximum absolute atomic E-state index is 11.8. The van der Waals surface area contributed by atoms with Crippen LogP contribution in [0.1, 0.15) is 30.7 Å². The Balaban J connectivity index is 2.08. The second kappa shape index (κ2) is 8.17. The number of nitrogens with zero attached hydrogens (tertiary/aromatic N) is 2. The van der Waals surface area contributed by atoms with E-state index in [4.69, 9.17) is 0 Å². The number of carbonyl (C=O) groups excluding carboxylic acids is 1. The first-order valence-electron chi connectivity index (χ1n) is 7.62. The van der Waals surface area contributed by atoms with E-state index >= 15 is 0 Å². The van der Waals surface area contributed by atoms with E-state index in [0.29, 0.717) is 18.0 Å². The van der Waals surface area contributed by atoms with Crippen molar-refractivity contribution in [2.45, 2.75) is 45.1 Å². The first-order valence-corrected chi connectivity index (χ1v) is 8.61. The first-order chi connectivity index (χ1) is 11.0. The standard InChI is InChI=1S/C17H23N3O2S/c1-12(2)18-16(22)11-23-17-19-15(10-21)9-20(17)8-14-6-4-13(3)5-7-14/h4-7,9,12,21H,8,10-11H2,1-3H3,(H,18,22). The molecule has 0 spiro atoms. The SMILES string of the molecule is Cc1ccc(Cn2cc(CO)nc2SCC(=O)NC(C)C)cc1. The highest BCUT2D eigenvalue weighted by Crippen LogP contribution is 2.19. The van der Waals surface area contributed by atoms with Gasteiger partial charge in [-0.05, 0) is 26.3 Å². The predicted octanol–water partition coefficient (Wildman–Crippen LogP) is 2.35. The lowest BCUT2D eigenvalue weighted by molar-refractivity contribution is -0.119. The molecule has 0 fully saturated rings. The number of amides is 1. The summed E-state index contributed by atoms with van der Waals surface area (Å²) >= 11 is 1.38. The smallest absolute Gasteiger partial charge is 0.230 e. The molecule has 124 valence electrons. The van der Waals surface area contributed by atoms with Gasteiger partial charge in [-0.1, -0.05) is 41.6 Å². The summed E-state index contributed by atoms with van der Waals surface area (Å²) in [4.78, 5) is 16.2. The summed E-state index contributed by atoms with van der Waals surface area (Å²) < 4.78 is 1.98. The zero-order chi connectivity index (χ0) is 16.8. The fraction of sp³-hybridized carbons (Fsp3) is 0.412. The molecule has 1 aromatic carbocycles. The Bertz CT molecular complexity index is 650. The van der Waals surface area contributed by atoms with E-state index in [2.05, 4.69) is 41.5 Å². The third-order valence-corrected chi connectivity index (χ3v) is 4.20. The van der Waals surface area contributed by atoms with Gasteiger partial charge in [-0.2, -0.15) is 0 Å². The second-order valence-electron chi connectivity index (χ2n) is 5.80. The molecule has 1 amide bonds. The van der Waals surface area contributed by atoms with Crippen LogP contribution in [0, 0.1) is 6.92 Å². The molecule has 0 unspecified atom stereocenters. The number of carbonyl (C=O) groups is 1. The third kappa shape index (κ3) is 5.41. The average molecular weight is 333 g/mol. The minimum absolute atomic E-state index is 0.0135. The Kier molecular flexibility index (Phi) is 6.24. The molecular formula is C17H23N3O2S. The molecule has 1 heterocycles. The Morgan fingerprint density at radius 3 is 2.65 bits per heavy atom. The van der Waals surface area contributed by atoms with Gasteiger partial charge in [0.25, 0.3) is 0 Å². The van der Waals surface area contributed by atoms with E-state index in [1.54, 1.807) is 0 Å². The Hall–Kier alpha value is -1.79. The number of hydrogen-bond donors (Lipinski definition) is 2. The molecule has 23 heavy (non-hydrogen) atoms. The number of thioether (sulfide) groups is 1. The number of aliphatic hydroxyl groups is 1. The van der Waals surface area contributed by atoms with Crippen LogP contribution in [-0.2, 0) is 17.9 Å². The van der Waals surface area contributed by atoms with Gasteiger partial charge in [0.2, 0.25) is 5.91 Å². The topological polar surface area (TPSA) is 67.1 Å². The number of nitrogens with one attached hydrogen (secondary N) is 1. The summed E-state index contributed by atoms with van der Waals surface area (Å²) in [5, 5.41) is 12.9. The summed E-state index contributed by atoms with van der Waals surface area (Å²) in [5.41, 5.74) is 2.99. The van der Waals surface area contributed by atoms with E-state index in [-0.39, 0.29) is 18.6 Å². The van der Waals surface area contributed by atoms with Crippen molar-refractivity contribution in [3.8, 4) is 0 Å². The van der Waals surface area contributed by atoms with Crippen LogP contribution in [0.5, 0.6) is 0 Å². The van der Waals surface area contributed by atoms with Crippen LogP contribution in [0.15, 0.2) is 35.6 Å². The quantitative estimate of drug-likeness (QED) is 0.763. The number of aromatic nitrogens is 2. The molecular weight excluding hydrogens is 310 g/mol. The van der Waals surface area contributed by atoms with E-state index in [1.807, 2.05) is 24.6 Å². The van der Waals surface area contributed by atoms with Crippen molar-refractivity contribution >= 4 is 17.7 Å². The van der Waals surface area contributed by atoms with Gasteiger partial charge in [0, 0.05) is 18.8 Å². The monoisotopic (exact) mass is 333 g/mol. The van der Waals surface area contributed by atoms with Crippen LogP contribution >= 0.6 is 11.8 Å². The number of rotatable bonds is 7. The van der Waals surface area contributed by atoms with Gasteiger partial charge in [0.05, 0.1) is 18.1 Å². The normalized spacial score (nSPS) is 11.0. The highest BCUT2D eigenvalue weighted by atomic mass is 32.2. The largest absolute Gasteiger partial charge is 0.390 e. The summed E-state index contributed by atoms with van der Waals surface area (Å²) in [6, 6.07) is 8.43. The fourth-order valence-corrected chi connectivity index (χ4v) is 2.95. The average Bonchev–Trinajstić information content (AvgIpc) is 2.89. The molecule has 0 aliphatic rings. The summed E-state index contributed by atoms with van der Waals surface area (Å²) in [5.74, 6) is 0.300. The number of aryl methyl sites for hydroxylation is 1. The van der Waals surface area contributed by atoms with Crippen molar-refractivity contribution in [3.05, 3.63) is 47.3 Å². The Morgan fingerprint density at radius 1 is 1.35 bits per heavy atom. The van der Waals surface area contributed by atoms with Gasteiger partial charge in [0.15, 0.2) is 5.16 Å². The lowest BCUT2D eigenvalue weighted by Crippen LogP contribution is -2.31. The fourth-order valence-electron chi connectivity index (χ4n) is 2.14. The molecule has 5 nitrogen and oxygen atoms in total. The third-order valence-electron chi connectivity index (χ3n) is 3.21. The summed E-state index contributed by atoms with van der Waals surface area (Å²) in [6.07, 6.45) is 1.84. The first kappa shape index (κ1) is 17.6. The molecule has 1 aromatic heterocycles. The number of benzene rings is 1. The highest BCUT2D eigenvalue weighted by Gasteiger charge is 2.11. The zero-order valence-corrected chi connectivity index (χ0v) is 14.6. The molecule has 0 saturated heterocycles. The van der Waals surface area contributed by atoms with Gasteiger partial charge in [-0.3, -0.25) is 4.79 Å². The van der Waals surface area contributed by atoms with Crippen LogP contribution in [-0.4, -0.2) is 32.4 Å². The van der Waals surface area contributed by atoms with E-state index < -0.39 is 0 Å². The van der Waals surface area contributed by atoms with Crippen LogP contribution < -0.4 is 5.32 Å². The second-order valence-corrected chi connectivity index (χ2v) is 6.74. The maximum atomic E-state index is 11.8. The molecule has 6 heteroatoms. The Labute approximate surface area is 141 Å². The number of aliphatic hydroxyl groups excluding tert-OH is 1.